The molecule has 0 atom stereocenters. The van der Waals surface area contributed by atoms with Gasteiger partial charge < -0.3 is 9.13 Å². The third kappa shape index (κ3) is 4.12. The average molecular weight is 393 g/mol. The summed E-state index contributed by atoms with van der Waals surface area (Å²) in [4.78, 5) is 10.4. The van der Waals surface area contributed by atoms with Crippen LogP contribution in [-0.2, 0) is 13.1 Å². The molecule has 0 N–H and O–H groups in total. The molecule has 0 radical (unpaired) electrons. The zero-order chi connectivity index (χ0) is 18.6. The molecule has 4 rings (SSSR count). The Bertz CT molecular complexity index is 1100. The standard InChI is InChI=1S/C21H20N4S2/c1-16-7-9-18(10-8-16)27-12-11-24-15-23-20-19(21(24)26)22-14-25(20)13-17-5-3-2-4-6-17/h2-10,14-15H,11-13H2,1H3. The molecule has 0 unspecified atom stereocenters. The maximum atomic E-state index is 5.66. The van der Waals surface area contributed by atoms with E-state index in [-0.39, 0.29) is 0 Å². The number of imidazole rings is 1. The molecular formula is C21H20N4S2. The van der Waals surface area contributed by atoms with Crippen LogP contribution in [0.15, 0.2) is 72.1 Å². The van der Waals surface area contributed by atoms with Crippen molar-refractivity contribution in [3.05, 3.63) is 83.0 Å². The molecule has 2 aromatic carbocycles. The highest BCUT2D eigenvalue weighted by molar-refractivity contribution is 7.99. The summed E-state index contributed by atoms with van der Waals surface area (Å²) >= 11 is 7.48. The zero-order valence-electron chi connectivity index (χ0n) is 15.1. The first kappa shape index (κ1) is 17.9. The van der Waals surface area contributed by atoms with Crippen molar-refractivity contribution in [1.82, 2.24) is 19.1 Å². The van der Waals surface area contributed by atoms with Crippen LogP contribution in [0.1, 0.15) is 11.1 Å². The molecule has 0 amide bonds. The van der Waals surface area contributed by atoms with E-state index < -0.39 is 0 Å². The van der Waals surface area contributed by atoms with Crippen LogP contribution < -0.4 is 0 Å². The van der Waals surface area contributed by atoms with Crippen LogP contribution in [0.25, 0.3) is 11.2 Å². The number of aromatic nitrogens is 4. The molecule has 2 aromatic heterocycles. The Morgan fingerprint density at radius 1 is 0.926 bits per heavy atom. The number of nitrogens with zero attached hydrogens (tertiary/aromatic N) is 4. The Balaban J connectivity index is 1.49. The second kappa shape index (κ2) is 8.06. The van der Waals surface area contributed by atoms with Gasteiger partial charge in [-0.25, -0.2) is 9.97 Å². The highest BCUT2D eigenvalue weighted by atomic mass is 32.2. The molecule has 0 aliphatic heterocycles. The minimum Gasteiger partial charge on any atom is -0.321 e. The predicted molar refractivity (Wildman–Crippen MR) is 114 cm³/mol. The summed E-state index contributed by atoms with van der Waals surface area (Å²) in [7, 11) is 0. The van der Waals surface area contributed by atoms with Gasteiger partial charge in [0.05, 0.1) is 19.2 Å². The van der Waals surface area contributed by atoms with Crippen molar-refractivity contribution in [3.63, 3.8) is 0 Å². The topological polar surface area (TPSA) is 35.6 Å². The Kier molecular flexibility index (Phi) is 5.36. The number of thioether (sulfide) groups is 1. The Labute approximate surface area is 167 Å². The van der Waals surface area contributed by atoms with Crippen LogP contribution in [0, 0.1) is 11.6 Å². The summed E-state index contributed by atoms with van der Waals surface area (Å²) in [6, 6.07) is 18.9. The van der Waals surface area contributed by atoms with Crippen LogP contribution in [-0.4, -0.2) is 24.9 Å². The summed E-state index contributed by atoms with van der Waals surface area (Å²) in [5.74, 6) is 0.940. The van der Waals surface area contributed by atoms with Crippen molar-refractivity contribution in [1.29, 1.82) is 0 Å². The van der Waals surface area contributed by atoms with E-state index in [1.54, 1.807) is 0 Å². The van der Waals surface area contributed by atoms with E-state index in [0.29, 0.717) is 0 Å². The van der Waals surface area contributed by atoms with Crippen LogP contribution >= 0.6 is 24.0 Å². The number of rotatable bonds is 6. The molecule has 27 heavy (non-hydrogen) atoms. The van der Waals surface area contributed by atoms with Crippen molar-refractivity contribution < 1.29 is 0 Å². The molecule has 0 spiro atoms. The van der Waals surface area contributed by atoms with Gasteiger partial charge in [0, 0.05) is 17.2 Å². The van der Waals surface area contributed by atoms with Gasteiger partial charge in [0.25, 0.3) is 0 Å². The van der Waals surface area contributed by atoms with E-state index in [4.69, 9.17) is 12.2 Å². The lowest BCUT2D eigenvalue weighted by atomic mass is 10.2. The molecule has 0 fully saturated rings. The van der Waals surface area contributed by atoms with E-state index in [1.165, 1.54) is 16.0 Å². The van der Waals surface area contributed by atoms with Gasteiger partial charge in [0.15, 0.2) is 5.65 Å². The number of fused-ring (bicyclic) bond motifs is 1. The van der Waals surface area contributed by atoms with Gasteiger partial charge in [-0.15, -0.1) is 11.8 Å². The summed E-state index contributed by atoms with van der Waals surface area (Å²) in [5.41, 5.74) is 4.13. The van der Waals surface area contributed by atoms with Crippen molar-refractivity contribution >= 4 is 35.1 Å². The maximum Gasteiger partial charge on any atom is 0.164 e. The third-order valence-corrected chi connectivity index (χ3v) is 5.83. The van der Waals surface area contributed by atoms with Crippen molar-refractivity contribution in [2.24, 2.45) is 0 Å². The molecule has 0 aliphatic carbocycles. The van der Waals surface area contributed by atoms with Gasteiger partial charge in [-0.2, -0.15) is 0 Å². The average Bonchev–Trinajstić information content (AvgIpc) is 3.09. The summed E-state index contributed by atoms with van der Waals surface area (Å²) < 4.78 is 4.81. The first-order chi connectivity index (χ1) is 13.2. The van der Waals surface area contributed by atoms with Crippen LogP contribution in [0.3, 0.4) is 0 Å². The van der Waals surface area contributed by atoms with E-state index >= 15 is 0 Å². The van der Waals surface area contributed by atoms with E-state index in [9.17, 15) is 0 Å². The van der Waals surface area contributed by atoms with Gasteiger partial charge in [-0.05, 0) is 24.6 Å². The third-order valence-electron chi connectivity index (χ3n) is 4.41. The maximum absolute atomic E-state index is 5.66. The van der Waals surface area contributed by atoms with E-state index in [1.807, 2.05) is 51.7 Å². The highest BCUT2D eigenvalue weighted by Crippen LogP contribution is 2.19. The van der Waals surface area contributed by atoms with Crippen molar-refractivity contribution in [2.45, 2.75) is 24.9 Å². The predicted octanol–water partition coefficient (Wildman–Crippen LogP) is 5.11. The molecule has 0 bridgehead atoms. The lowest BCUT2D eigenvalue weighted by Gasteiger charge is -2.08. The monoisotopic (exact) mass is 392 g/mol. The lowest BCUT2D eigenvalue weighted by molar-refractivity contribution is 0.734. The lowest BCUT2D eigenvalue weighted by Crippen LogP contribution is -2.06. The van der Waals surface area contributed by atoms with Crippen molar-refractivity contribution in [3.8, 4) is 0 Å². The summed E-state index contributed by atoms with van der Waals surface area (Å²) in [6.45, 7) is 3.66. The molecule has 2 heterocycles. The summed E-state index contributed by atoms with van der Waals surface area (Å²) in [6.07, 6.45) is 3.66. The second-order valence-electron chi connectivity index (χ2n) is 6.43. The van der Waals surface area contributed by atoms with Gasteiger partial charge >= 0.3 is 0 Å². The second-order valence-corrected chi connectivity index (χ2v) is 7.99. The van der Waals surface area contributed by atoms with Gasteiger partial charge in [-0.3, -0.25) is 0 Å². The fourth-order valence-corrected chi connectivity index (χ4v) is 4.06. The number of benzene rings is 2. The van der Waals surface area contributed by atoms with Gasteiger partial charge in [0.2, 0.25) is 0 Å². The van der Waals surface area contributed by atoms with E-state index in [0.717, 1.165) is 34.6 Å². The van der Waals surface area contributed by atoms with Crippen molar-refractivity contribution in [2.75, 3.05) is 5.75 Å². The zero-order valence-corrected chi connectivity index (χ0v) is 16.7. The Morgan fingerprint density at radius 3 is 2.44 bits per heavy atom. The molecule has 4 nitrogen and oxygen atoms in total. The molecule has 6 heteroatoms. The molecule has 0 saturated heterocycles. The Morgan fingerprint density at radius 2 is 1.67 bits per heavy atom. The van der Waals surface area contributed by atoms with E-state index in [2.05, 4.69) is 53.3 Å². The molecular weight excluding hydrogens is 372 g/mol. The van der Waals surface area contributed by atoms with Gasteiger partial charge in [0.1, 0.15) is 10.2 Å². The fourth-order valence-electron chi connectivity index (χ4n) is 2.93. The number of hydrogen-bond donors (Lipinski definition) is 0. The minimum absolute atomic E-state index is 0.742. The van der Waals surface area contributed by atoms with Crippen LogP contribution in [0.4, 0.5) is 0 Å². The highest BCUT2D eigenvalue weighted by Gasteiger charge is 2.08. The first-order valence-corrected chi connectivity index (χ1v) is 10.2. The fraction of sp³-hybridized carbons (Fsp3) is 0.190. The van der Waals surface area contributed by atoms with Gasteiger partial charge in [-0.1, -0.05) is 60.2 Å². The minimum atomic E-state index is 0.742. The SMILES string of the molecule is Cc1ccc(SCCn2cnc3c(ncn3Cc3ccccc3)c2=S)cc1. The largest absolute Gasteiger partial charge is 0.321 e. The number of hydrogen-bond acceptors (Lipinski definition) is 4. The molecule has 0 saturated carbocycles. The molecule has 4 aromatic rings. The quantitative estimate of drug-likeness (QED) is 0.337. The Hall–Kier alpha value is -2.44. The normalized spacial score (nSPS) is 11.1. The summed E-state index contributed by atoms with van der Waals surface area (Å²) in [5, 5.41) is 0. The van der Waals surface area contributed by atoms with Crippen LogP contribution in [0.5, 0.6) is 0 Å². The smallest absolute Gasteiger partial charge is 0.164 e. The van der Waals surface area contributed by atoms with Crippen LogP contribution in [0.2, 0.25) is 0 Å². The number of aryl methyl sites for hydroxylation is 2. The molecule has 136 valence electrons. The first-order valence-electron chi connectivity index (χ1n) is 8.84. The molecule has 0 aliphatic rings.